The molecular formula is C13H15N5O2. The van der Waals surface area contributed by atoms with E-state index in [0.29, 0.717) is 5.75 Å². The number of nitrogens with two attached hydrogens (primary N) is 2. The van der Waals surface area contributed by atoms with Gasteiger partial charge in [-0.1, -0.05) is 12.1 Å². The lowest BCUT2D eigenvalue weighted by molar-refractivity contribution is -0.115. The lowest BCUT2D eigenvalue weighted by atomic mass is 10.1. The first-order chi connectivity index (χ1) is 9.60. The lowest BCUT2D eigenvalue weighted by Crippen LogP contribution is -2.17. The third kappa shape index (κ3) is 3.14. The van der Waals surface area contributed by atoms with Crippen LogP contribution in [0.2, 0.25) is 0 Å². The highest BCUT2D eigenvalue weighted by atomic mass is 16.5. The Morgan fingerprint density at radius 2 is 2.15 bits per heavy atom. The molecule has 20 heavy (non-hydrogen) atoms. The molecule has 0 aliphatic rings. The van der Waals surface area contributed by atoms with Crippen molar-refractivity contribution in [2.75, 3.05) is 23.9 Å². The van der Waals surface area contributed by atoms with E-state index in [9.17, 15) is 4.79 Å². The largest absolute Gasteiger partial charge is 0.497 e. The maximum atomic E-state index is 11.9. The van der Waals surface area contributed by atoms with Gasteiger partial charge in [-0.05, 0) is 17.7 Å². The normalized spacial score (nSPS) is 10.1. The number of benzene rings is 1. The van der Waals surface area contributed by atoms with Gasteiger partial charge in [0.25, 0.3) is 0 Å². The molecule has 1 aromatic carbocycles. The van der Waals surface area contributed by atoms with Crippen molar-refractivity contribution in [1.29, 1.82) is 0 Å². The van der Waals surface area contributed by atoms with E-state index in [1.54, 1.807) is 13.2 Å². The molecule has 104 valence electrons. The topological polar surface area (TPSA) is 116 Å². The second-order valence-corrected chi connectivity index (χ2v) is 4.10. The molecule has 0 radical (unpaired) electrons. The first-order valence-corrected chi connectivity index (χ1v) is 5.89. The van der Waals surface area contributed by atoms with Gasteiger partial charge >= 0.3 is 0 Å². The van der Waals surface area contributed by atoms with E-state index in [1.807, 2.05) is 18.2 Å². The molecule has 2 aromatic rings. The number of nitrogens with one attached hydrogen (secondary N) is 1. The van der Waals surface area contributed by atoms with Gasteiger partial charge in [0.1, 0.15) is 17.8 Å². The van der Waals surface area contributed by atoms with E-state index < -0.39 is 0 Å². The van der Waals surface area contributed by atoms with Crippen LogP contribution in [-0.4, -0.2) is 23.0 Å². The molecular weight excluding hydrogens is 258 g/mol. The summed E-state index contributed by atoms with van der Waals surface area (Å²) >= 11 is 0. The Bertz CT molecular complexity index is 630. The predicted octanol–water partition coefficient (Wildman–Crippen LogP) is 0.831. The minimum Gasteiger partial charge on any atom is -0.497 e. The van der Waals surface area contributed by atoms with Crippen LogP contribution in [0, 0.1) is 0 Å². The molecule has 0 fully saturated rings. The van der Waals surface area contributed by atoms with Crippen LogP contribution in [0.25, 0.3) is 0 Å². The second kappa shape index (κ2) is 5.87. The number of anilines is 3. The number of hydrogen-bond donors (Lipinski definition) is 3. The number of nitrogens with zero attached hydrogens (tertiary/aromatic N) is 2. The molecule has 0 saturated carbocycles. The summed E-state index contributed by atoms with van der Waals surface area (Å²) in [5.74, 6) is 0.797. The smallest absolute Gasteiger partial charge is 0.230 e. The van der Waals surface area contributed by atoms with Gasteiger partial charge in [-0.3, -0.25) is 4.79 Å². The van der Waals surface area contributed by atoms with Crippen molar-refractivity contribution in [2.45, 2.75) is 6.42 Å². The van der Waals surface area contributed by atoms with Crippen molar-refractivity contribution < 1.29 is 9.53 Å². The number of ether oxygens (including phenoxy) is 1. The Labute approximate surface area is 116 Å². The van der Waals surface area contributed by atoms with Crippen LogP contribution in [0.15, 0.2) is 30.6 Å². The second-order valence-electron chi connectivity index (χ2n) is 4.10. The fraction of sp³-hybridized carbons (Fsp3) is 0.154. The molecule has 7 nitrogen and oxygen atoms in total. The van der Waals surface area contributed by atoms with E-state index in [-0.39, 0.29) is 29.7 Å². The first kappa shape index (κ1) is 13.6. The molecule has 1 aromatic heterocycles. The third-order valence-corrected chi connectivity index (χ3v) is 2.67. The molecule has 5 N–H and O–H groups in total. The van der Waals surface area contributed by atoms with E-state index in [2.05, 4.69) is 15.3 Å². The Hall–Kier alpha value is -2.83. The molecule has 0 aliphatic carbocycles. The van der Waals surface area contributed by atoms with Crippen molar-refractivity contribution in [3.63, 3.8) is 0 Å². The molecule has 0 saturated heterocycles. The van der Waals surface area contributed by atoms with E-state index in [0.717, 1.165) is 5.56 Å². The average Bonchev–Trinajstić information content (AvgIpc) is 2.44. The first-order valence-electron chi connectivity index (χ1n) is 5.89. The molecule has 7 heteroatoms. The van der Waals surface area contributed by atoms with Crippen molar-refractivity contribution in [3.05, 3.63) is 36.2 Å². The van der Waals surface area contributed by atoms with Crippen molar-refractivity contribution >= 4 is 23.2 Å². The third-order valence-electron chi connectivity index (χ3n) is 2.67. The van der Waals surface area contributed by atoms with Gasteiger partial charge in [-0.25, -0.2) is 9.97 Å². The maximum absolute atomic E-state index is 11.9. The zero-order valence-electron chi connectivity index (χ0n) is 11.0. The summed E-state index contributed by atoms with van der Waals surface area (Å²) in [4.78, 5) is 19.5. The predicted molar refractivity (Wildman–Crippen MR) is 76.2 cm³/mol. The minimum atomic E-state index is -0.247. The van der Waals surface area contributed by atoms with Crippen molar-refractivity contribution in [1.82, 2.24) is 9.97 Å². The van der Waals surface area contributed by atoms with Crippen molar-refractivity contribution in [2.24, 2.45) is 0 Å². The Morgan fingerprint density at radius 3 is 2.90 bits per heavy atom. The number of aromatic nitrogens is 2. The molecule has 1 amide bonds. The number of hydrogen-bond acceptors (Lipinski definition) is 6. The summed E-state index contributed by atoms with van der Waals surface area (Å²) in [6.45, 7) is 0. The number of carbonyl (C=O) groups is 1. The van der Waals surface area contributed by atoms with Crippen LogP contribution in [0.5, 0.6) is 5.75 Å². The summed E-state index contributed by atoms with van der Waals surface area (Å²) in [5, 5.41) is 2.60. The maximum Gasteiger partial charge on any atom is 0.230 e. The number of amides is 1. The Kier molecular flexibility index (Phi) is 3.99. The van der Waals surface area contributed by atoms with Crippen LogP contribution in [0.1, 0.15) is 5.56 Å². The van der Waals surface area contributed by atoms with Crippen LogP contribution >= 0.6 is 0 Å². The number of nitrogen functional groups attached to an aromatic ring is 2. The highest BCUT2D eigenvalue weighted by Gasteiger charge is 2.10. The Balaban J connectivity index is 2.07. The van der Waals surface area contributed by atoms with E-state index >= 15 is 0 Å². The summed E-state index contributed by atoms with van der Waals surface area (Å²) < 4.78 is 5.10. The summed E-state index contributed by atoms with van der Waals surface area (Å²) in [5.41, 5.74) is 12.2. The quantitative estimate of drug-likeness (QED) is 0.759. The fourth-order valence-corrected chi connectivity index (χ4v) is 1.65. The van der Waals surface area contributed by atoms with Crippen LogP contribution < -0.4 is 21.5 Å². The number of carbonyl (C=O) groups excluding carboxylic acids is 1. The Morgan fingerprint density at radius 1 is 1.35 bits per heavy atom. The van der Waals surface area contributed by atoms with Crippen molar-refractivity contribution in [3.8, 4) is 5.75 Å². The molecule has 0 spiro atoms. The van der Waals surface area contributed by atoms with Crippen LogP contribution in [-0.2, 0) is 11.2 Å². The van der Waals surface area contributed by atoms with Crippen LogP contribution in [0.4, 0.5) is 17.3 Å². The fourth-order valence-electron chi connectivity index (χ4n) is 1.65. The SMILES string of the molecule is COc1cccc(CC(=O)Nc2ncnc(N)c2N)c1. The summed E-state index contributed by atoms with van der Waals surface area (Å²) in [6.07, 6.45) is 1.42. The highest BCUT2D eigenvalue weighted by Crippen LogP contribution is 2.19. The summed E-state index contributed by atoms with van der Waals surface area (Å²) in [6, 6.07) is 7.25. The highest BCUT2D eigenvalue weighted by molar-refractivity contribution is 5.95. The van der Waals surface area contributed by atoms with Gasteiger partial charge in [0, 0.05) is 0 Å². The molecule has 1 heterocycles. The molecule has 2 rings (SSSR count). The van der Waals surface area contributed by atoms with Gasteiger partial charge in [-0.15, -0.1) is 0 Å². The molecule has 0 atom stereocenters. The molecule has 0 aliphatic heterocycles. The van der Waals surface area contributed by atoms with E-state index in [1.165, 1.54) is 6.33 Å². The summed E-state index contributed by atoms with van der Waals surface area (Å²) in [7, 11) is 1.57. The van der Waals surface area contributed by atoms with Gasteiger partial charge < -0.3 is 21.5 Å². The van der Waals surface area contributed by atoms with E-state index in [4.69, 9.17) is 16.2 Å². The molecule has 0 bridgehead atoms. The minimum absolute atomic E-state index is 0.136. The van der Waals surface area contributed by atoms with Crippen LogP contribution in [0.3, 0.4) is 0 Å². The standard InChI is InChI=1S/C13H15N5O2/c1-20-9-4-2-3-8(5-9)6-10(19)18-13-11(14)12(15)16-7-17-13/h2-5,7H,6,14H2,1H3,(H3,15,16,17,18,19). The zero-order valence-corrected chi connectivity index (χ0v) is 11.0. The average molecular weight is 273 g/mol. The zero-order chi connectivity index (χ0) is 14.5. The number of methoxy groups -OCH3 is 1. The van der Waals surface area contributed by atoms with Gasteiger partial charge in [-0.2, -0.15) is 0 Å². The number of rotatable bonds is 4. The monoisotopic (exact) mass is 273 g/mol. The molecule has 0 unspecified atom stereocenters. The van der Waals surface area contributed by atoms with Gasteiger partial charge in [0.05, 0.1) is 13.5 Å². The van der Waals surface area contributed by atoms with Gasteiger partial charge in [0.15, 0.2) is 11.6 Å². The van der Waals surface area contributed by atoms with Gasteiger partial charge in [0.2, 0.25) is 5.91 Å². The lowest BCUT2D eigenvalue weighted by Gasteiger charge is -2.08.